The quantitative estimate of drug-likeness (QED) is 0.383. The SMILES string of the molecule is C=C1[C@@]2(C)C(OS(=O)(=O)c3ccc(C)cc3)=C[C@]3(Br)C(=O)[C@@]2(OC)OC[C@]13C. The molecule has 0 unspecified atom stereocenters. The summed E-state index contributed by atoms with van der Waals surface area (Å²) < 4.78 is 41.7. The first-order chi connectivity index (χ1) is 12.9. The number of halogens is 1. The molecule has 4 bridgehead atoms. The number of hydrogen-bond donors (Lipinski definition) is 0. The van der Waals surface area contributed by atoms with Crippen LogP contribution in [-0.4, -0.2) is 38.0 Å². The van der Waals surface area contributed by atoms with Gasteiger partial charge in [-0.05, 0) is 37.6 Å². The van der Waals surface area contributed by atoms with Crippen molar-refractivity contribution in [2.75, 3.05) is 13.7 Å². The van der Waals surface area contributed by atoms with Gasteiger partial charge in [-0.1, -0.05) is 47.1 Å². The molecule has 1 aromatic rings. The Bertz CT molecular complexity index is 1040. The number of alkyl halides is 1. The molecule has 150 valence electrons. The van der Waals surface area contributed by atoms with E-state index in [1.807, 2.05) is 13.8 Å². The van der Waals surface area contributed by atoms with Crippen LogP contribution in [0.5, 0.6) is 0 Å². The molecule has 3 fully saturated rings. The van der Waals surface area contributed by atoms with Gasteiger partial charge in [-0.15, -0.1) is 0 Å². The smallest absolute Gasteiger partial charge is 0.338 e. The molecular weight excluding hydrogens is 448 g/mol. The number of Topliss-reactive ketones (excluding diaryl/α,β-unsaturated/α-hetero) is 1. The topological polar surface area (TPSA) is 78.9 Å². The van der Waals surface area contributed by atoms with Crippen molar-refractivity contribution in [2.45, 2.75) is 35.8 Å². The highest BCUT2D eigenvalue weighted by Gasteiger charge is 2.82. The molecule has 2 heterocycles. The van der Waals surface area contributed by atoms with E-state index in [2.05, 4.69) is 22.5 Å². The standard InChI is InChI=1S/C20H21BrO6S/c1-12-6-8-14(9-7-12)28(23,24)27-15-10-19(21)16(22)20(25-5)18(15,4)13(2)17(19,3)11-26-20/h6-10H,2,11H2,1,3-5H3/t17-,18+,19+,20-/m1/s1. The molecule has 8 heteroatoms. The molecule has 0 radical (unpaired) electrons. The summed E-state index contributed by atoms with van der Waals surface area (Å²) in [7, 11) is -2.77. The van der Waals surface area contributed by atoms with Crippen LogP contribution in [0.3, 0.4) is 0 Å². The summed E-state index contributed by atoms with van der Waals surface area (Å²) in [5.41, 5.74) is -0.503. The maximum Gasteiger partial charge on any atom is 0.338 e. The fraction of sp³-hybridized carbons (Fsp3) is 0.450. The first-order valence-electron chi connectivity index (χ1n) is 8.76. The number of carbonyl (C=O) groups is 1. The van der Waals surface area contributed by atoms with Gasteiger partial charge in [0.2, 0.25) is 11.6 Å². The Morgan fingerprint density at radius 3 is 2.39 bits per heavy atom. The monoisotopic (exact) mass is 468 g/mol. The van der Waals surface area contributed by atoms with E-state index in [9.17, 15) is 13.2 Å². The maximum atomic E-state index is 13.3. The molecular formula is C20H21BrO6S. The molecule has 0 N–H and O–H groups in total. The lowest BCUT2D eigenvalue weighted by atomic mass is 9.46. The molecule has 4 atom stereocenters. The third kappa shape index (κ3) is 1.99. The Kier molecular flexibility index (Phi) is 3.94. The van der Waals surface area contributed by atoms with Gasteiger partial charge in [0.25, 0.3) is 0 Å². The van der Waals surface area contributed by atoms with E-state index in [-0.39, 0.29) is 23.0 Å². The molecule has 6 rings (SSSR count). The highest BCUT2D eigenvalue weighted by Crippen LogP contribution is 2.72. The van der Waals surface area contributed by atoms with E-state index in [1.54, 1.807) is 19.1 Å². The van der Waals surface area contributed by atoms with Crippen molar-refractivity contribution >= 4 is 31.8 Å². The van der Waals surface area contributed by atoms with Gasteiger partial charge >= 0.3 is 10.1 Å². The number of fused-ring (bicyclic) bond motifs is 1. The van der Waals surface area contributed by atoms with Crippen molar-refractivity contribution in [3.63, 3.8) is 0 Å². The zero-order valence-electron chi connectivity index (χ0n) is 16.0. The average molecular weight is 469 g/mol. The number of allylic oxidation sites excluding steroid dienone is 1. The van der Waals surface area contributed by atoms with E-state index in [0.29, 0.717) is 5.57 Å². The van der Waals surface area contributed by atoms with E-state index in [1.165, 1.54) is 25.3 Å². The molecule has 2 aliphatic heterocycles. The number of aryl methyl sites for hydroxylation is 1. The Morgan fingerprint density at radius 2 is 1.82 bits per heavy atom. The van der Waals surface area contributed by atoms with Crippen LogP contribution in [0.2, 0.25) is 0 Å². The summed E-state index contributed by atoms with van der Waals surface area (Å²) in [6.45, 7) is 9.81. The third-order valence-electron chi connectivity index (χ3n) is 6.54. The van der Waals surface area contributed by atoms with E-state index in [4.69, 9.17) is 13.7 Å². The van der Waals surface area contributed by atoms with Gasteiger partial charge in [-0.2, -0.15) is 8.42 Å². The first kappa shape index (κ1) is 19.8. The average Bonchev–Trinajstić information content (AvgIpc) is 2.63. The van der Waals surface area contributed by atoms with Crippen molar-refractivity contribution in [2.24, 2.45) is 10.8 Å². The summed E-state index contributed by atoms with van der Waals surface area (Å²) in [5, 5.41) is 0. The van der Waals surface area contributed by atoms with Crippen molar-refractivity contribution < 1.29 is 26.9 Å². The minimum Gasteiger partial charge on any atom is -0.383 e. The van der Waals surface area contributed by atoms with Crippen LogP contribution in [-0.2, 0) is 28.6 Å². The predicted molar refractivity (Wildman–Crippen MR) is 105 cm³/mol. The van der Waals surface area contributed by atoms with Crippen LogP contribution in [0, 0.1) is 17.8 Å². The number of ketones is 1. The maximum absolute atomic E-state index is 13.3. The Hall–Kier alpha value is -1.48. The normalized spacial score (nSPS) is 39.2. The van der Waals surface area contributed by atoms with Gasteiger partial charge in [0.1, 0.15) is 20.4 Å². The fourth-order valence-corrected chi connectivity index (χ4v) is 6.37. The van der Waals surface area contributed by atoms with Crippen molar-refractivity contribution in [3.05, 3.63) is 53.8 Å². The molecule has 3 aliphatic carbocycles. The van der Waals surface area contributed by atoms with Crippen LogP contribution < -0.4 is 0 Å². The predicted octanol–water partition coefficient (Wildman–Crippen LogP) is 3.26. The second-order valence-corrected chi connectivity index (χ2v) is 10.7. The van der Waals surface area contributed by atoms with Gasteiger partial charge in [0.15, 0.2) is 0 Å². The van der Waals surface area contributed by atoms with Crippen LogP contribution in [0.25, 0.3) is 0 Å². The zero-order chi connectivity index (χ0) is 20.8. The number of carbonyl (C=O) groups excluding carboxylic acids is 1. The molecule has 1 aromatic carbocycles. The molecule has 28 heavy (non-hydrogen) atoms. The fourth-order valence-electron chi connectivity index (χ4n) is 4.53. The van der Waals surface area contributed by atoms with Gasteiger partial charge < -0.3 is 13.7 Å². The van der Waals surface area contributed by atoms with Crippen LogP contribution in [0.15, 0.2) is 53.1 Å². The Morgan fingerprint density at radius 1 is 1.21 bits per heavy atom. The summed E-state index contributed by atoms with van der Waals surface area (Å²) in [6, 6.07) is 6.34. The summed E-state index contributed by atoms with van der Waals surface area (Å²) >= 11 is 3.54. The van der Waals surface area contributed by atoms with Crippen LogP contribution in [0.4, 0.5) is 0 Å². The highest BCUT2D eigenvalue weighted by molar-refractivity contribution is 9.10. The van der Waals surface area contributed by atoms with Crippen molar-refractivity contribution in [3.8, 4) is 0 Å². The van der Waals surface area contributed by atoms with Crippen LogP contribution in [0.1, 0.15) is 19.4 Å². The van der Waals surface area contributed by atoms with Crippen LogP contribution >= 0.6 is 15.9 Å². The largest absolute Gasteiger partial charge is 0.383 e. The highest BCUT2D eigenvalue weighted by atomic mass is 79.9. The Labute approximate surface area is 172 Å². The molecule has 0 spiro atoms. The van der Waals surface area contributed by atoms with Gasteiger partial charge in [0, 0.05) is 12.5 Å². The minimum absolute atomic E-state index is 0.0216. The lowest BCUT2D eigenvalue weighted by molar-refractivity contribution is -0.307. The number of methoxy groups -OCH3 is 1. The van der Waals surface area contributed by atoms with E-state index >= 15 is 0 Å². The second kappa shape index (κ2) is 5.56. The lowest BCUT2D eigenvalue weighted by Crippen LogP contribution is -2.80. The molecule has 0 aromatic heterocycles. The number of benzene rings is 1. The Balaban J connectivity index is 1.89. The van der Waals surface area contributed by atoms with Crippen molar-refractivity contribution in [1.82, 2.24) is 0 Å². The molecule has 6 nitrogen and oxygen atoms in total. The number of rotatable bonds is 4. The molecule has 2 saturated heterocycles. The molecule has 1 saturated carbocycles. The van der Waals surface area contributed by atoms with Gasteiger partial charge in [-0.3, -0.25) is 4.79 Å². The second-order valence-electron chi connectivity index (χ2n) is 7.95. The summed E-state index contributed by atoms with van der Waals surface area (Å²) in [4.78, 5) is 13.3. The lowest BCUT2D eigenvalue weighted by Gasteiger charge is -2.68. The third-order valence-corrected chi connectivity index (χ3v) is 9.26. The van der Waals surface area contributed by atoms with E-state index in [0.717, 1.165) is 5.56 Å². The summed E-state index contributed by atoms with van der Waals surface area (Å²) in [6.07, 6.45) is 1.54. The van der Waals surface area contributed by atoms with Crippen molar-refractivity contribution in [1.29, 1.82) is 0 Å². The van der Waals surface area contributed by atoms with Gasteiger partial charge in [-0.25, -0.2) is 0 Å². The number of hydrogen-bond acceptors (Lipinski definition) is 6. The number of ether oxygens (including phenoxy) is 2. The summed E-state index contributed by atoms with van der Waals surface area (Å²) in [5.74, 6) is -1.97. The minimum atomic E-state index is -4.13. The first-order valence-corrected chi connectivity index (χ1v) is 11.0. The van der Waals surface area contributed by atoms with Gasteiger partial charge in [0.05, 0.1) is 6.61 Å². The molecule has 5 aliphatic rings. The van der Waals surface area contributed by atoms with E-state index < -0.39 is 31.1 Å². The molecule has 0 amide bonds. The zero-order valence-corrected chi connectivity index (χ0v) is 18.4.